The van der Waals surface area contributed by atoms with E-state index < -0.39 is 6.04 Å². The molecule has 7 nitrogen and oxygen atoms in total. The summed E-state index contributed by atoms with van der Waals surface area (Å²) in [6.07, 6.45) is 1.86. The lowest BCUT2D eigenvalue weighted by molar-refractivity contribution is -0.124. The lowest BCUT2D eigenvalue weighted by Gasteiger charge is -2.18. The molecule has 7 heteroatoms. The van der Waals surface area contributed by atoms with Gasteiger partial charge in [-0.1, -0.05) is 12.1 Å². The average Bonchev–Trinajstić information content (AvgIpc) is 3.16. The second-order valence-electron chi connectivity index (χ2n) is 6.23. The minimum Gasteiger partial charge on any atom is -0.497 e. The number of nitrogens with one attached hydrogen (secondary N) is 1. The smallest absolute Gasteiger partial charge is 0.245 e. The highest BCUT2D eigenvalue weighted by molar-refractivity contribution is 5.82. The second kappa shape index (κ2) is 6.58. The Balaban J connectivity index is 1.75. The van der Waals surface area contributed by atoms with E-state index in [1.807, 2.05) is 58.3 Å². The fourth-order valence-electron chi connectivity index (χ4n) is 2.85. The van der Waals surface area contributed by atoms with Gasteiger partial charge in [-0.05, 0) is 38.5 Å². The predicted octanol–water partition coefficient (Wildman–Crippen LogP) is 2.53. The quantitative estimate of drug-likeness (QED) is 0.774. The summed E-state index contributed by atoms with van der Waals surface area (Å²) in [6, 6.07) is 7.14. The first-order valence-electron chi connectivity index (χ1n) is 8.23. The van der Waals surface area contributed by atoms with Gasteiger partial charge in [-0.25, -0.2) is 0 Å². The molecule has 0 spiro atoms. The summed E-state index contributed by atoms with van der Waals surface area (Å²) >= 11 is 0. The molecule has 0 aliphatic rings. The third-order valence-corrected chi connectivity index (χ3v) is 4.43. The van der Waals surface area contributed by atoms with E-state index in [0.717, 1.165) is 28.0 Å². The van der Waals surface area contributed by atoms with Crippen LogP contribution in [0.25, 0.3) is 11.0 Å². The fraction of sp³-hybridized carbons (Fsp3) is 0.389. The molecule has 3 aromatic rings. The monoisotopic (exact) mass is 341 g/mol. The van der Waals surface area contributed by atoms with E-state index in [4.69, 9.17) is 4.74 Å². The van der Waals surface area contributed by atoms with E-state index in [-0.39, 0.29) is 11.9 Å². The first-order valence-corrected chi connectivity index (χ1v) is 8.23. The molecule has 3 rings (SSSR count). The predicted molar refractivity (Wildman–Crippen MR) is 95.5 cm³/mol. The zero-order valence-electron chi connectivity index (χ0n) is 15.1. The number of fused-ring (bicyclic) bond motifs is 1. The van der Waals surface area contributed by atoms with E-state index in [1.165, 1.54) is 0 Å². The Hall–Kier alpha value is -2.83. The maximum absolute atomic E-state index is 12.6. The minimum atomic E-state index is -0.417. The third kappa shape index (κ3) is 3.22. The number of rotatable bonds is 5. The number of hydrogen-bond donors (Lipinski definition) is 1. The molecule has 2 heterocycles. The number of carbonyl (C=O) groups is 1. The van der Waals surface area contributed by atoms with Crippen molar-refractivity contribution in [1.29, 1.82) is 0 Å². The Morgan fingerprint density at radius 2 is 2.04 bits per heavy atom. The number of hydrogen-bond acceptors (Lipinski definition) is 4. The maximum atomic E-state index is 12.6. The van der Waals surface area contributed by atoms with Crippen molar-refractivity contribution in [2.45, 2.75) is 32.9 Å². The molecule has 25 heavy (non-hydrogen) atoms. The summed E-state index contributed by atoms with van der Waals surface area (Å²) in [4.78, 5) is 12.6. The van der Waals surface area contributed by atoms with Gasteiger partial charge in [0.2, 0.25) is 5.91 Å². The summed E-state index contributed by atoms with van der Waals surface area (Å²) in [5.74, 6) is 0.682. The highest BCUT2D eigenvalue weighted by Gasteiger charge is 2.21. The standard InChI is InChI=1S/C18H23N5O2/c1-11(14-7-6-8-15(9-14)25-5)19-18(24)13(3)23-10-16-17(21-23)12(2)20-22(16)4/h6-11,13H,1-5H3,(H,19,24)/t11-,13-/m0/s1. The zero-order chi connectivity index (χ0) is 18.1. The van der Waals surface area contributed by atoms with Gasteiger partial charge in [0.05, 0.1) is 25.0 Å². The van der Waals surface area contributed by atoms with E-state index in [9.17, 15) is 4.79 Å². The van der Waals surface area contributed by atoms with Crippen LogP contribution in [0.2, 0.25) is 0 Å². The molecule has 0 saturated carbocycles. The first-order chi connectivity index (χ1) is 11.9. The van der Waals surface area contributed by atoms with E-state index in [0.29, 0.717) is 0 Å². The van der Waals surface area contributed by atoms with Crippen LogP contribution in [0.3, 0.4) is 0 Å². The number of aromatic nitrogens is 4. The Kier molecular flexibility index (Phi) is 4.48. The van der Waals surface area contributed by atoms with Crippen LogP contribution < -0.4 is 10.1 Å². The Morgan fingerprint density at radius 3 is 2.72 bits per heavy atom. The molecule has 2 atom stereocenters. The van der Waals surface area contributed by atoms with Crippen LogP contribution in [0.4, 0.5) is 0 Å². The van der Waals surface area contributed by atoms with E-state index in [2.05, 4.69) is 15.5 Å². The van der Waals surface area contributed by atoms with Crippen molar-refractivity contribution >= 4 is 16.9 Å². The molecule has 0 bridgehead atoms. The van der Waals surface area contributed by atoms with Gasteiger partial charge in [0.15, 0.2) is 0 Å². The maximum Gasteiger partial charge on any atom is 0.245 e. The van der Waals surface area contributed by atoms with Crippen molar-refractivity contribution in [1.82, 2.24) is 24.9 Å². The van der Waals surface area contributed by atoms with Gasteiger partial charge in [-0.3, -0.25) is 14.2 Å². The molecular formula is C18H23N5O2. The molecule has 1 N–H and O–H groups in total. The van der Waals surface area contributed by atoms with Gasteiger partial charge in [-0.2, -0.15) is 10.2 Å². The van der Waals surface area contributed by atoms with Gasteiger partial charge in [0, 0.05) is 7.05 Å². The summed E-state index contributed by atoms with van der Waals surface area (Å²) in [7, 11) is 3.50. The Bertz CT molecular complexity index is 877. The van der Waals surface area contributed by atoms with Crippen molar-refractivity contribution in [2.75, 3.05) is 7.11 Å². The molecule has 0 saturated heterocycles. The van der Waals surface area contributed by atoms with Crippen LogP contribution in [-0.2, 0) is 11.8 Å². The molecular weight excluding hydrogens is 318 g/mol. The third-order valence-electron chi connectivity index (χ3n) is 4.43. The van der Waals surface area contributed by atoms with Gasteiger partial charge in [0.25, 0.3) is 0 Å². The molecule has 0 aliphatic heterocycles. The molecule has 1 aromatic carbocycles. The number of amides is 1. The van der Waals surface area contributed by atoms with E-state index >= 15 is 0 Å². The molecule has 0 fully saturated rings. The van der Waals surface area contributed by atoms with Crippen molar-refractivity contribution in [3.05, 3.63) is 41.7 Å². The van der Waals surface area contributed by atoms with Gasteiger partial charge in [-0.15, -0.1) is 0 Å². The van der Waals surface area contributed by atoms with E-state index in [1.54, 1.807) is 16.5 Å². The fourth-order valence-corrected chi connectivity index (χ4v) is 2.85. The van der Waals surface area contributed by atoms with Gasteiger partial charge < -0.3 is 10.1 Å². The van der Waals surface area contributed by atoms with Crippen LogP contribution in [0.5, 0.6) is 5.75 Å². The van der Waals surface area contributed by atoms with Crippen LogP contribution in [0, 0.1) is 6.92 Å². The van der Waals surface area contributed by atoms with Gasteiger partial charge >= 0.3 is 0 Å². The summed E-state index contributed by atoms with van der Waals surface area (Å²) < 4.78 is 8.70. The molecule has 0 unspecified atom stereocenters. The number of ether oxygens (including phenoxy) is 1. The van der Waals surface area contributed by atoms with Crippen molar-refractivity contribution in [3.63, 3.8) is 0 Å². The normalized spacial score (nSPS) is 13.6. The number of aryl methyl sites for hydroxylation is 2. The van der Waals surface area contributed by atoms with Crippen molar-refractivity contribution < 1.29 is 9.53 Å². The Labute approximate surface area is 146 Å². The lowest BCUT2D eigenvalue weighted by atomic mass is 10.1. The summed E-state index contributed by atoms with van der Waals surface area (Å²) in [5.41, 5.74) is 3.58. The van der Waals surface area contributed by atoms with Crippen LogP contribution in [0.15, 0.2) is 30.5 Å². The SMILES string of the molecule is COc1cccc([C@H](C)NC(=O)[C@H](C)n2cc3c(n2)c(C)nn3C)c1. The summed E-state index contributed by atoms with van der Waals surface area (Å²) in [5, 5.41) is 11.9. The Morgan fingerprint density at radius 1 is 1.28 bits per heavy atom. The molecule has 0 aliphatic carbocycles. The van der Waals surface area contributed by atoms with Crippen LogP contribution in [-0.4, -0.2) is 32.6 Å². The topological polar surface area (TPSA) is 74.0 Å². The lowest BCUT2D eigenvalue weighted by Crippen LogP contribution is -2.33. The zero-order valence-corrected chi connectivity index (χ0v) is 15.1. The first kappa shape index (κ1) is 17.0. The molecule has 132 valence electrons. The van der Waals surface area contributed by atoms with Crippen LogP contribution in [0.1, 0.15) is 37.2 Å². The van der Waals surface area contributed by atoms with Crippen molar-refractivity contribution in [2.24, 2.45) is 7.05 Å². The number of benzene rings is 1. The molecule has 0 radical (unpaired) electrons. The number of carbonyl (C=O) groups excluding carboxylic acids is 1. The second-order valence-corrected chi connectivity index (χ2v) is 6.23. The average molecular weight is 341 g/mol. The van der Waals surface area contributed by atoms with Gasteiger partial charge in [0.1, 0.15) is 22.8 Å². The van der Waals surface area contributed by atoms with Crippen LogP contribution >= 0.6 is 0 Å². The molecule has 2 aromatic heterocycles. The largest absolute Gasteiger partial charge is 0.497 e. The molecule has 1 amide bonds. The number of methoxy groups -OCH3 is 1. The minimum absolute atomic E-state index is 0.0891. The highest BCUT2D eigenvalue weighted by atomic mass is 16.5. The summed E-state index contributed by atoms with van der Waals surface area (Å²) in [6.45, 7) is 5.70. The highest BCUT2D eigenvalue weighted by Crippen LogP contribution is 2.21. The van der Waals surface area contributed by atoms with Crippen molar-refractivity contribution in [3.8, 4) is 5.75 Å². The number of nitrogens with zero attached hydrogens (tertiary/aromatic N) is 4.